The van der Waals surface area contributed by atoms with Gasteiger partial charge < -0.3 is 5.11 Å². The number of benzene rings is 1. The predicted molar refractivity (Wildman–Crippen MR) is 86.2 cm³/mol. The summed E-state index contributed by atoms with van der Waals surface area (Å²) in [5.74, 6) is -0.476. The zero-order valence-electron chi connectivity index (χ0n) is 13.4. The minimum Gasteiger partial charge on any atom is -0.477 e. The summed E-state index contributed by atoms with van der Waals surface area (Å²) in [7, 11) is 0. The van der Waals surface area contributed by atoms with Crippen molar-refractivity contribution in [3.63, 3.8) is 0 Å². The zero-order valence-corrected chi connectivity index (χ0v) is 13.4. The van der Waals surface area contributed by atoms with Crippen molar-refractivity contribution in [1.82, 2.24) is 4.40 Å². The molecule has 0 spiro atoms. The van der Waals surface area contributed by atoms with Crippen LogP contribution in [0.5, 0.6) is 5.88 Å². The highest BCUT2D eigenvalue weighted by Crippen LogP contribution is 2.32. The van der Waals surface area contributed by atoms with Gasteiger partial charge in [-0.05, 0) is 23.8 Å². The number of halogens is 3. The SMILES string of the molecule is N#CCC[n+]1c(O)c(-c2cccc(C(F)(F)F)c2)c(=O)n2ccccc21. The molecule has 0 radical (unpaired) electrons. The quantitative estimate of drug-likeness (QED) is 0.730. The van der Waals surface area contributed by atoms with Gasteiger partial charge in [-0.1, -0.05) is 18.2 Å². The average molecular weight is 360 g/mol. The van der Waals surface area contributed by atoms with Crippen molar-refractivity contribution in [3.05, 3.63) is 64.6 Å². The van der Waals surface area contributed by atoms with Crippen molar-refractivity contribution >= 4 is 5.65 Å². The van der Waals surface area contributed by atoms with Crippen LogP contribution in [0.2, 0.25) is 0 Å². The van der Waals surface area contributed by atoms with Crippen molar-refractivity contribution in [2.45, 2.75) is 19.1 Å². The zero-order chi connectivity index (χ0) is 18.9. The fourth-order valence-electron chi connectivity index (χ4n) is 2.77. The number of aromatic hydroxyl groups is 1. The molecule has 3 aromatic rings. The van der Waals surface area contributed by atoms with E-state index in [0.29, 0.717) is 5.65 Å². The number of aromatic nitrogens is 2. The second-order valence-electron chi connectivity index (χ2n) is 5.57. The van der Waals surface area contributed by atoms with E-state index < -0.39 is 23.2 Å². The molecule has 26 heavy (non-hydrogen) atoms. The molecule has 2 aromatic heterocycles. The van der Waals surface area contributed by atoms with Gasteiger partial charge in [0.25, 0.3) is 11.5 Å². The lowest BCUT2D eigenvalue weighted by Gasteiger charge is -2.11. The summed E-state index contributed by atoms with van der Waals surface area (Å²) in [6.45, 7) is 0.0854. The van der Waals surface area contributed by atoms with E-state index in [1.54, 1.807) is 18.2 Å². The summed E-state index contributed by atoms with van der Waals surface area (Å²) in [4.78, 5) is 12.8. The topological polar surface area (TPSA) is 69.4 Å². The number of hydrogen-bond acceptors (Lipinski definition) is 3. The standard InChI is InChI=1S/C18H12F3N3O2/c19-18(20,21)13-6-3-5-12(11-13)15-16(25)23-9-2-1-7-14(23)24(17(15)26)10-4-8-22/h1-3,5-7,9,11H,4,10H2/p+1. The molecule has 8 heteroatoms. The van der Waals surface area contributed by atoms with Crippen LogP contribution >= 0.6 is 0 Å². The highest BCUT2D eigenvalue weighted by molar-refractivity contribution is 5.68. The van der Waals surface area contributed by atoms with Crippen LogP contribution in [0.1, 0.15) is 12.0 Å². The molecule has 0 saturated heterocycles. The molecule has 0 bridgehead atoms. The third-order valence-electron chi connectivity index (χ3n) is 3.95. The van der Waals surface area contributed by atoms with Crippen LogP contribution in [-0.4, -0.2) is 9.51 Å². The molecule has 0 unspecified atom stereocenters. The summed E-state index contributed by atoms with van der Waals surface area (Å²) < 4.78 is 41.6. The highest BCUT2D eigenvalue weighted by Gasteiger charge is 2.32. The first-order chi connectivity index (χ1) is 12.3. The van der Waals surface area contributed by atoms with Crippen LogP contribution in [0.25, 0.3) is 16.8 Å². The van der Waals surface area contributed by atoms with Crippen LogP contribution in [0.3, 0.4) is 0 Å². The van der Waals surface area contributed by atoms with Gasteiger partial charge in [0.05, 0.1) is 24.3 Å². The van der Waals surface area contributed by atoms with E-state index in [-0.39, 0.29) is 24.1 Å². The van der Waals surface area contributed by atoms with Crippen LogP contribution in [0.15, 0.2) is 53.5 Å². The molecule has 0 aliphatic rings. The van der Waals surface area contributed by atoms with Gasteiger partial charge in [-0.2, -0.15) is 27.4 Å². The molecule has 1 aromatic carbocycles. The Labute approximate surface area is 145 Å². The third kappa shape index (κ3) is 2.99. The molecule has 0 atom stereocenters. The Balaban J connectivity index is 2.34. The van der Waals surface area contributed by atoms with Gasteiger partial charge in [-0.3, -0.25) is 0 Å². The van der Waals surface area contributed by atoms with E-state index >= 15 is 0 Å². The fourth-order valence-corrected chi connectivity index (χ4v) is 2.77. The number of hydrogen-bond donors (Lipinski definition) is 1. The maximum Gasteiger partial charge on any atom is 0.416 e. The van der Waals surface area contributed by atoms with Crippen molar-refractivity contribution in [2.24, 2.45) is 0 Å². The molecule has 0 saturated carbocycles. The fraction of sp³-hybridized carbons (Fsp3) is 0.167. The van der Waals surface area contributed by atoms with E-state index in [1.807, 2.05) is 6.07 Å². The number of rotatable bonds is 3. The maximum absolute atomic E-state index is 13.0. The molecule has 5 nitrogen and oxygen atoms in total. The Morgan fingerprint density at radius 3 is 2.65 bits per heavy atom. The van der Waals surface area contributed by atoms with Crippen molar-refractivity contribution in [1.29, 1.82) is 5.26 Å². The second kappa shape index (κ2) is 6.52. The van der Waals surface area contributed by atoms with E-state index in [0.717, 1.165) is 12.1 Å². The molecular formula is C18H13F3N3O2+. The number of nitrogens with zero attached hydrogens (tertiary/aromatic N) is 3. The van der Waals surface area contributed by atoms with Crippen LogP contribution in [0.4, 0.5) is 13.2 Å². The first kappa shape index (κ1) is 17.5. The number of alkyl halides is 3. The van der Waals surface area contributed by atoms with E-state index in [9.17, 15) is 23.1 Å². The predicted octanol–water partition coefficient (Wildman–Crippen LogP) is 2.89. The second-order valence-corrected chi connectivity index (χ2v) is 5.57. The molecular weight excluding hydrogens is 347 g/mol. The summed E-state index contributed by atoms with van der Waals surface area (Å²) >= 11 is 0. The number of aryl methyl sites for hydroxylation is 1. The van der Waals surface area contributed by atoms with Crippen LogP contribution < -0.4 is 10.1 Å². The maximum atomic E-state index is 13.0. The van der Waals surface area contributed by atoms with Gasteiger partial charge in [0.2, 0.25) is 0 Å². The third-order valence-corrected chi connectivity index (χ3v) is 3.95. The first-order valence-electron chi connectivity index (χ1n) is 7.65. The van der Waals surface area contributed by atoms with Gasteiger partial charge in [-0.15, -0.1) is 0 Å². The Morgan fingerprint density at radius 1 is 1.19 bits per heavy atom. The largest absolute Gasteiger partial charge is 0.477 e. The van der Waals surface area contributed by atoms with Gasteiger partial charge in [0.1, 0.15) is 6.54 Å². The van der Waals surface area contributed by atoms with Gasteiger partial charge in [-0.25, -0.2) is 4.79 Å². The summed E-state index contributed by atoms with van der Waals surface area (Å²) in [5, 5.41) is 19.4. The Bertz CT molecular complexity index is 1080. The Hall–Kier alpha value is -3.34. The molecule has 1 N–H and O–H groups in total. The number of pyridine rings is 1. The molecule has 2 heterocycles. The lowest BCUT2D eigenvalue weighted by molar-refractivity contribution is -0.679. The minimum atomic E-state index is -4.57. The average Bonchev–Trinajstić information content (AvgIpc) is 2.61. The number of nitriles is 1. The van der Waals surface area contributed by atoms with Crippen LogP contribution in [0, 0.1) is 11.3 Å². The Morgan fingerprint density at radius 2 is 1.96 bits per heavy atom. The van der Waals surface area contributed by atoms with Crippen molar-refractivity contribution < 1.29 is 22.8 Å². The van der Waals surface area contributed by atoms with Crippen molar-refractivity contribution in [3.8, 4) is 23.1 Å². The first-order valence-corrected chi connectivity index (χ1v) is 7.65. The lowest BCUT2D eigenvalue weighted by atomic mass is 10.0. The van der Waals surface area contributed by atoms with Crippen LogP contribution in [-0.2, 0) is 12.7 Å². The van der Waals surface area contributed by atoms with Gasteiger partial charge in [0, 0.05) is 6.07 Å². The highest BCUT2D eigenvalue weighted by atomic mass is 19.4. The van der Waals surface area contributed by atoms with E-state index in [1.165, 1.54) is 27.3 Å². The summed E-state index contributed by atoms with van der Waals surface area (Å²) in [5.41, 5.74) is -1.54. The van der Waals surface area contributed by atoms with Gasteiger partial charge in [0.15, 0.2) is 5.56 Å². The minimum absolute atomic E-state index is 0.0497. The summed E-state index contributed by atoms with van der Waals surface area (Å²) in [6, 6.07) is 11.0. The van der Waals surface area contributed by atoms with Gasteiger partial charge >= 0.3 is 11.7 Å². The summed E-state index contributed by atoms with van der Waals surface area (Å²) in [6.07, 6.45) is -3.06. The van der Waals surface area contributed by atoms with E-state index in [2.05, 4.69) is 0 Å². The molecule has 132 valence electrons. The van der Waals surface area contributed by atoms with Crippen molar-refractivity contribution in [2.75, 3.05) is 0 Å². The van der Waals surface area contributed by atoms with E-state index in [4.69, 9.17) is 5.26 Å². The molecule has 3 rings (SSSR count). The Kier molecular flexibility index (Phi) is 4.38. The monoisotopic (exact) mass is 360 g/mol. The normalized spacial score (nSPS) is 11.5. The smallest absolute Gasteiger partial charge is 0.416 e. The molecule has 0 fully saturated rings. The molecule has 0 aliphatic heterocycles. The molecule has 0 aliphatic carbocycles. The number of fused-ring (bicyclic) bond motifs is 1. The lowest BCUT2D eigenvalue weighted by Crippen LogP contribution is -2.40. The molecule has 0 amide bonds.